The van der Waals surface area contributed by atoms with Crippen LogP contribution in [-0.2, 0) is 17.1 Å². The van der Waals surface area contributed by atoms with Crippen molar-refractivity contribution < 1.29 is 8.42 Å². The second-order valence-electron chi connectivity index (χ2n) is 7.20. The Bertz CT molecular complexity index is 1030. The summed E-state index contributed by atoms with van der Waals surface area (Å²) in [7, 11) is -1.32. The van der Waals surface area contributed by atoms with E-state index in [0.29, 0.717) is 23.9 Å². The van der Waals surface area contributed by atoms with Gasteiger partial charge in [0, 0.05) is 37.2 Å². The lowest BCUT2D eigenvalue weighted by atomic mass is 9.90. The molecule has 2 heterocycles. The zero-order chi connectivity index (χ0) is 18.3. The van der Waals surface area contributed by atoms with Crippen LogP contribution < -0.4 is 0 Å². The molecule has 136 valence electrons. The van der Waals surface area contributed by atoms with Crippen LogP contribution in [0.15, 0.2) is 59.6 Å². The molecule has 1 aliphatic heterocycles. The Morgan fingerprint density at radius 3 is 2.31 bits per heavy atom. The van der Waals surface area contributed by atoms with Gasteiger partial charge < -0.3 is 4.57 Å². The monoisotopic (exact) mass is 368 g/mol. The number of piperidine rings is 1. The van der Waals surface area contributed by atoms with Gasteiger partial charge in [-0.15, -0.1) is 0 Å². The van der Waals surface area contributed by atoms with Gasteiger partial charge in [-0.25, -0.2) is 8.42 Å². The van der Waals surface area contributed by atoms with Gasteiger partial charge in [0.2, 0.25) is 10.0 Å². The van der Waals surface area contributed by atoms with Crippen LogP contribution in [0.1, 0.15) is 29.9 Å². The summed E-state index contributed by atoms with van der Waals surface area (Å²) in [6.45, 7) is 3.11. The number of para-hydroxylation sites is 1. The van der Waals surface area contributed by atoms with Gasteiger partial charge in [0.15, 0.2) is 0 Å². The van der Waals surface area contributed by atoms with Crippen molar-refractivity contribution in [2.75, 3.05) is 13.1 Å². The molecule has 1 aliphatic rings. The van der Waals surface area contributed by atoms with Gasteiger partial charge in [-0.2, -0.15) is 4.31 Å². The molecule has 0 unspecified atom stereocenters. The predicted octanol–water partition coefficient (Wildman–Crippen LogP) is 4.06. The standard InChI is InChI=1S/C21H24N2O2S/c1-16-7-9-18(10-8-16)26(24,25)23-13-11-17(12-14-23)20-15-22(2)21-6-4-3-5-19(20)21/h3-10,15,17H,11-14H2,1-2H3. The van der Waals surface area contributed by atoms with E-state index in [-0.39, 0.29) is 0 Å². The van der Waals surface area contributed by atoms with Crippen molar-refractivity contribution in [1.29, 1.82) is 0 Å². The summed E-state index contributed by atoms with van der Waals surface area (Å²) >= 11 is 0. The van der Waals surface area contributed by atoms with Crippen molar-refractivity contribution in [3.8, 4) is 0 Å². The van der Waals surface area contributed by atoms with Crippen LogP contribution in [-0.4, -0.2) is 30.4 Å². The maximum Gasteiger partial charge on any atom is 0.243 e. The van der Waals surface area contributed by atoms with Crippen LogP contribution in [0.5, 0.6) is 0 Å². The first-order valence-electron chi connectivity index (χ1n) is 9.07. The highest BCUT2D eigenvalue weighted by Crippen LogP contribution is 2.35. The first-order chi connectivity index (χ1) is 12.5. The molecule has 5 heteroatoms. The van der Waals surface area contributed by atoms with E-state index in [1.54, 1.807) is 16.4 Å². The van der Waals surface area contributed by atoms with Crippen LogP contribution in [0.3, 0.4) is 0 Å². The van der Waals surface area contributed by atoms with E-state index >= 15 is 0 Å². The third kappa shape index (κ3) is 2.95. The molecule has 26 heavy (non-hydrogen) atoms. The van der Waals surface area contributed by atoms with Gasteiger partial charge in [-0.1, -0.05) is 35.9 Å². The highest BCUT2D eigenvalue weighted by molar-refractivity contribution is 7.89. The number of aryl methyl sites for hydroxylation is 2. The zero-order valence-electron chi connectivity index (χ0n) is 15.2. The average molecular weight is 369 g/mol. The summed E-state index contributed by atoms with van der Waals surface area (Å²) in [5.74, 6) is 0.408. The maximum atomic E-state index is 12.9. The summed E-state index contributed by atoms with van der Waals surface area (Å²) < 4.78 is 29.6. The lowest BCUT2D eigenvalue weighted by Crippen LogP contribution is -2.37. The smallest absolute Gasteiger partial charge is 0.243 e. The summed E-state index contributed by atoms with van der Waals surface area (Å²) in [6, 6.07) is 15.6. The molecule has 0 aliphatic carbocycles. The minimum Gasteiger partial charge on any atom is -0.350 e. The molecule has 0 amide bonds. The van der Waals surface area contributed by atoms with E-state index in [2.05, 4.69) is 42.1 Å². The molecular weight excluding hydrogens is 344 g/mol. The van der Waals surface area contributed by atoms with Gasteiger partial charge in [0.05, 0.1) is 4.90 Å². The Kier molecular flexibility index (Phi) is 4.37. The van der Waals surface area contributed by atoms with Gasteiger partial charge in [-0.05, 0) is 49.4 Å². The number of rotatable bonds is 3. The highest BCUT2D eigenvalue weighted by atomic mass is 32.2. The van der Waals surface area contributed by atoms with E-state index in [1.165, 1.54) is 16.5 Å². The zero-order valence-corrected chi connectivity index (χ0v) is 16.0. The Morgan fingerprint density at radius 2 is 1.62 bits per heavy atom. The SMILES string of the molecule is Cc1ccc(S(=O)(=O)N2CCC(c3cn(C)c4ccccc34)CC2)cc1. The fourth-order valence-electron chi connectivity index (χ4n) is 3.96. The minimum absolute atomic E-state index is 0.395. The molecule has 1 fully saturated rings. The lowest BCUT2D eigenvalue weighted by Gasteiger charge is -2.31. The number of hydrogen-bond acceptors (Lipinski definition) is 2. The van der Waals surface area contributed by atoms with Crippen molar-refractivity contribution in [3.63, 3.8) is 0 Å². The van der Waals surface area contributed by atoms with E-state index in [4.69, 9.17) is 0 Å². The number of fused-ring (bicyclic) bond motifs is 1. The van der Waals surface area contributed by atoms with Gasteiger partial charge in [0.25, 0.3) is 0 Å². The second-order valence-corrected chi connectivity index (χ2v) is 9.14. The van der Waals surface area contributed by atoms with Gasteiger partial charge in [-0.3, -0.25) is 0 Å². The fourth-order valence-corrected chi connectivity index (χ4v) is 5.43. The van der Waals surface area contributed by atoms with E-state index in [0.717, 1.165) is 18.4 Å². The molecule has 0 spiro atoms. The molecule has 3 aromatic rings. The molecule has 0 atom stereocenters. The van der Waals surface area contributed by atoms with Crippen molar-refractivity contribution >= 4 is 20.9 Å². The van der Waals surface area contributed by atoms with Crippen molar-refractivity contribution in [3.05, 3.63) is 65.9 Å². The Balaban J connectivity index is 1.54. The Hall–Kier alpha value is -2.11. The maximum absolute atomic E-state index is 12.9. The first-order valence-corrected chi connectivity index (χ1v) is 10.5. The van der Waals surface area contributed by atoms with Crippen molar-refractivity contribution in [2.24, 2.45) is 7.05 Å². The number of nitrogens with zero attached hydrogens (tertiary/aromatic N) is 2. The molecule has 0 radical (unpaired) electrons. The number of sulfonamides is 1. The third-order valence-electron chi connectivity index (χ3n) is 5.48. The molecule has 0 N–H and O–H groups in total. The fraction of sp³-hybridized carbons (Fsp3) is 0.333. The molecule has 1 aromatic heterocycles. The number of benzene rings is 2. The molecule has 0 saturated carbocycles. The minimum atomic E-state index is -3.39. The molecule has 4 nitrogen and oxygen atoms in total. The normalized spacial score (nSPS) is 17.0. The largest absolute Gasteiger partial charge is 0.350 e. The second kappa shape index (κ2) is 6.56. The number of hydrogen-bond donors (Lipinski definition) is 0. The quantitative estimate of drug-likeness (QED) is 0.700. The lowest BCUT2D eigenvalue weighted by molar-refractivity contribution is 0.320. The van der Waals surface area contributed by atoms with Crippen LogP contribution in [0, 0.1) is 6.92 Å². The first kappa shape index (κ1) is 17.3. The Morgan fingerprint density at radius 1 is 0.962 bits per heavy atom. The topological polar surface area (TPSA) is 42.3 Å². The third-order valence-corrected chi connectivity index (χ3v) is 7.39. The van der Waals surface area contributed by atoms with E-state index < -0.39 is 10.0 Å². The van der Waals surface area contributed by atoms with Crippen LogP contribution in [0.4, 0.5) is 0 Å². The highest BCUT2D eigenvalue weighted by Gasteiger charge is 2.30. The molecule has 4 rings (SSSR count). The number of aromatic nitrogens is 1. The van der Waals surface area contributed by atoms with Crippen molar-refractivity contribution in [2.45, 2.75) is 30.6 Å². The molecule has 2 aromatic carbocycles. The van der Waals surface area contributed by atoms with Crippen molar-refractivity contribution in [1.82, 2.24) is 8.87 Å². The van der Waals surface area contributed by atoms with Crippen LogP contribution in [0.25, 0.3) is 10.9 Å². The molecular formula is C21H24N2O2S. The Labute approximate surface area is 155 Å². The van der Waals surface area contributed by atoms with Gasteiger partial charge in [0.1, 0.15) is 0 Å². The summed E-state index contributed by atoms with van der Waals surface area (Å²) in [5, 5.41) is 1.29. The van der Waals surface area contributed by atoms with Gasteiger partial charge >= 0.3 is 0 Å². The van der Waals surface area contributed by atoms with E-state index in [1.807, 2.05) is 19.1 Å². The summed E-state index contributed by atoms with van der Waals surface area (Å²) in [4.78, 5) is 0.395. The van der Waals surface area contributed by atoms with E-state index in [9.17, 15) is 8.42 Å². The van der Waals surface area contributed by atoms with Crippen LogP contribution in [0.2, 0.25) is 0 Å². The summed E-state index contributed by atoms with van der Waals surface area (Å²) in [6.07, 6.45) is 3.93. The molecule has 0 bridgehead atoms. The average Bonchev–Trinajstić information content (AvgIpc) is 2.99. The summed E-state index contributed by atoms with van der Waals surface area (Å²) in [5.41, 5.74) is 3.64. The van der Waals surface area contributed by atoms with Crippen LogP contribution >= 0.6 is 0 Å². The molecule has 1 saturated heterocycles. The predicted molar refractivity (Wildman–Crippen MR) is 105 cm³/mol.